The molecule has 0 unspecified atom stereocenters. The summed E-state index contributed by atoms with van der Waals surface area (Å²) in [7, 11) is 1.68. The molecule has 0 atom stereocenters. The average molecular weight is 462 g/mol. The largest absolute Gasteiger partial charge is 0.456 e. The van der Waals surface area contributed by atoms with Crippen LogP contribution >= 0.6 is 0 Å². The number of hydrogen-bond donors (Lipinski definition) is 1. The van der Waals surface area contributed by atoms with Crippen LogP contribution in [0.2, 0.25) is 0 Å². The maximum atomic E-state index is 10.4. The van der Waals surface area contributed by atoms with E-state index in [0.29, 0.717) is 11.5 Å². The molecule has 0 spiro atoms. The zero-order valence-electron chi connectivity index (χ0n) is 20.1. The highest BCUT2D eigenvalue weighted by Gasteiger charge is 2.35. The molecular weight excluding hydrogens is 437 g/mol. The van der Waals surface area contributed by atoms with Gasteiger partial charge in [-0.05, 0) is 62.7 Å². The van der Waals surface area contributed by atoms with Gasteiger partial charge in [-0.2, -0.15) is 0 Å². The van der Waals surface area contributed by atoms with E-state index in [1.165, 1.54) is 5.39 Å². The number of furan rings is 1. The minimum Gasteiger partial charge on any atom is -0.456 e. The van der Waals surface area contributed by atoms with Gasteiger partial charge in [-0.25, -0.2) is 4.98 Å². The fourth-order valence-electron chi connectivity index (χ4n) is 4.09. The van der Waals surface area contributed by atoms with Crippen molar-refractivity contribution < 1.29 is 18.6 Å². The Hall–Kier alpha value is -3.61. The highest BCUT2D eigenvalue weighted by Crippen LogP contribution is 2.34. The molecule has 4 aromatic carbocycles. The van der Waals surface area contributed by atoms with Crippen LogP contribution in [0.3, 0.4) is 0 Å². The van der Waals surface area contributed by atoms with Crippen molar-refractivity contribution in [3.8, 4) is 11.5 Å². The second-order valence-corrected chi connectivity index (χ2v) is 10.1. The van der Waals surface area contributed by atoms with Gasteiger partial charge in [0.1, 0.15) is 16.7 Å². The van der Waals surface area contributed by atoms with Crippen LogP contribution in [0.15, 0.2) is 81.6 Å². The standard InChI is InChI=1S/C29H25BNO4/c1-28(2,32)29(3,4)35-30-20-11-12-24-21(14-20)22-15-26-23(16-25(22)33-24)31-27(34-26)19-10-9-17-7-5-6-8-18(17)13-19/h5-16,32H,1-4H3. The van der Waals surface area contributed by atoms with Crippen LogP contribution in [-0.4, -0.2) is 28.8 Å². The fourth-order valence-corrected chi connectivity index (χ4v) is 4.09. The number of aromatic nitrogens is 1. The van der Waals surface area contributed by atoms with E-state index in [4.69, 9.17) is 18.5 Å². The Morgan fingerprint density at radius 3 is 2.34 bits per heavy atom. The van der Waals surface area contributed by atoms with Gasteiger partial charge in [-0.3, -0.25) is 0 Å². The van der Waals surface area contributed by atoms with Crippen molar-refractivity contribution in [3.05, 3.63) is 72.8 Å². The van der Waals surface area contributed by atoms with Gasteiger partial charge in [0, 0.05) is 22.4 Å². The van der Waals surface area contributed by atoms with Gasteiger partial charge in [-0.15, -0.1) is 0 Å². The predicted molar refractivity (Wildman–Crippen MR) is 141 cm³/mol. The molecule has 0 saturated heterocycles. The van der Waals surface area contributed by atoms with Crippen molar-refractivity contribution >= 4 is 56.8 Å². The number of nitrogens with zero attached hydrogens (tertiary/aromatic N) is 1. The van der Waals surface area contributed by atoms with E-state index in [-0.39, 0.29) is 0 Å². The first-order valence-electron chi connectivity index (χ1n) is 11.7. The van der Waals surface area contributed by atoms with Gasteiger partial charge in [0.2, 0.25) is 5.89 Å². The van der Waals surface area contributed by atoms with Crippen molar-refractivity contribution in [1.82, 2.24) is 4.98 Å². The third kappa shape index (κ3) is 3.79. The first-order valence-corrected chi connectivity index (χ1v) is 11.7. The molecule has 0 aliphatic rings. The number of rotatable bonds is 5. The monoisotopic (exact) mass is 462 g/mol. The van der Waals surface area contributed by atoms with Crippen LogP contribution in [0.1, 0.15) is 27.7 Å². The van der Waals surface area contributed by atoms with Gasteiger partial charge in [-0.1, -0.05) is 47.9 Å². The molecule has 173 valence electrons. The number of oxazole rings is 1. The van der Waals surface area contributed by atoms with Crippen LogP contribution in [-0.2, 0) is 4.65 Å². The molecule has 1 N–H and O–H groups in total. The lowest BCUT2D eigenvalue weighted by molar-refractivity contribution is -0.0893. The summed E-state index contributed by atoms with van der Waals surface area (Å²) >= 11 is 0. The van der Waals surface area contributed by atoms with E-state index >= 15 is 0 Å². The van der Waals surface area contributed by atoms with Crippen LogP contribution in [0.5, 0.6) is 0 Å². The van der Waals surface area contributed by atoms with E-state index < -0.39 is 11.2 Å². The smallest absolute Gasteiger partial charge is 0.330 e. The van der Waals surface area contributed by atoms with Crippen LogP contribution in [0, 0.1) is 0 Å². The Balaban J connectivity index is 1.38. The van der Waals surface area contributed by atoms with Crippen molar-refractivity contribution in [2.45, 2.75) is 38.9 Å². The molecule has 6 aromatic rings. The van der Waals surface area contributed by atoms with Crippen molar-refractivity contribution in [1.29, 1.82) is 0 Å². The lowest BCUT2D eigenvalue weighted by Gasteiger charge is -2.37. The number of fused-ring (bicyclic) bond motifs is 5. The van der Waals surface area contributed by atoms with E-state index in [9.17, 15) is 5.11 Å². The summed E-state index contributed by atoms with van der Waals surface area (Å²) in [4.78, 5) is 4.73. The van der Waals surface area contributed by atoms with Crippen molar-refractivity contribution in [2.75, 3.05) is 0 Å². The highest BCUT2D eigenvalue weighted by atomic mass is 16.5. The summed E-state index contributed by atoms with van der Waals surface area (Å²) in [5.74, 6) is 0.582. The summed E-state index contributed by atoms with van der Waals surface area (Å²) in [5, 5.41) is 14.6. The molecule has 0 bridgehead atoms. The summed E-state index contributed by atoms with van der Waals surface area (Å²) in [6.45, 7) is 7.21. The summed E-state index contributed by atoms with van der Waals surface area (Å²) in [6.07, 6.45) is 0. The second kappa shape index (κ2) is 7.70. The molecule has 0 saturated carbocycles. The SMILES string of the molecule is CC(C)(O)C(C)(C)O[B]c1ccc2oc3cc4nc(-c5ccc6ccccc6c5)oc4cc3c2c1. The normalized spacial score (nSPS) is 12.8. The minimum atomic E-state index is -0.990. The third-order valence-corrected chi connectivity index (χ3v) is 6.96. The molecule has 6 heteroatoms. The van der Waals surface area contributed by atoms with Gasteiger partial charge >= 0.3 is 7.48 Å². The molecular formula is C29H25BNO4. The molecule has 2 aromatic heterocycles. The molecule has 0 aliphatic carbocycles. The molecule has 0 aliphatic heterocycles. The van der Waals surface area contributed by atoms with Gasteiger partial charge < -0.3 is 18.6 Å². The van der Waals surface area contributed by atoms with E-state index in [0.717, 1.165) is 43.9 Å². The molecule has 1 radical (unpaired) electrons. The Labute approximate surface area is 203 Å². The molecule has 6 rings (SSSR count). The number of aliphatic hydroxyl groups is 1. The quantitative estimate of drug-likeness (QED) is 0.302. The van der Waals surface area contributed by atoms with Crippen molar-refractivity contribution in [3.63, 3.8) is 0 Å². The van der Waals surface area contributed by atoms with E-state index in [2.05, 4.69) is 24.3 Å². The Morgan fingerprint density at radius 2 is 1.54 bits per heavy atom. The maximum absolute atomic E-state index is 10.4. The van der Waals surface area contributed by atoms with Gasteiger partial charge in [0.05, 0.1) is 11.2 Å². The zero-order chi connectivity index (χ0) is 24.4. The molecule has 35 heavy (non-hydrogen) atoms. The third-order valence-electron chi connectivity index (χ3n) is 6.96. The minimum absolute atomic E-state index is 0.582. The van der Waals surface area contributed by atoms with E-state index in [1.54, 1.807) is 21.3 Å². The maximum Gasteiger partial charge on any atom is 0.330 e. The highest BCUT2D eigenvalue weighted by molar-refractivity contribution is 6.47. The molecule has 5 nitrogen and oxygen atoms in total. The summed E-state index contributed by atoms with van der Waals surface area (Å²) < 4.78 is 18.2. The van der Waals surface area contributed by atoms with Crippen LogP contribution in [0.25, 0.3) is 55.3 Å². The van der Waals surface area contributed by atoms with Crippen LogP contribution in [0.4, 0.5) is 0 Å². The van der Waals surface area contributed by atoms with Gasteiger partial charge in [0.15, 0.2) is 5.58 Å². The number of hydrogen-bond acceptors (Lipinski definition) is 5. The average Bonchev–Trinajstić information content (AvgIpc) is 3.40. The Kier molecular flexibility index (Phi) is 4.82. The molecule has 0 amide bonds. The fraction of sp³-hybridized carbons (Fsp3) is 0.207. The van der Waals surface area contributed by atoms with Gasteiger partial charge in [0.25, 0.3) is 0 Å². The van der Waals surface area contributed by atoms with Crippen LogP contribution < -0.4 is 5.46 Å². The Bertz CT molecular complexity index is 1720. The summed E-state index contributed by atoms with van der Waals surface area (Å²) in [6, 6.07) is 24.2. The summed E-state index contributed by atoms with van der Waals surface area (Å²) in [5.41, 5.74) is 3.07. The predicted octanol–water partition coefficient (Wildman–Crippen LogP) is 6.36. The lowest BCUT2D eigenvalue weighted by atomic mass is 9.82. The zero-order valence-corrected chi connectivity index (χ0v) is 20.1. The second-order valence-electron chi connectivity index (χ2n) is 10.1. The number of benzene rings is 4. The Morgan fingerprint density at radius 1 is 0.771 bits per heavy atom. The first kappa shape index (κ1) is 21.9. The molecule has 0 fully saturated rings. The first-order chi connectivity index (χ1) is 16.7. The lowest BCUT2D eigenvalue weighted by Crippen LogP contribution is -2.49. The van der Waals surface area contributed by atoms with E-state index in [1.807, 2.05) is 62.4 Å². The van der Waals surface area contributed by atoms with Crippen molar-refractivity contribution in [2.24, 2.45) is 0 Å². The molecule has 2 heterocycles. The topological polar surface area (TPSA) is 68.6 Å².